The number of carbonyl (C=O) groups is 4. The zero-order valence-corrected chi connectivity index (χ0v) is 17.3. The van der Waals surface area contributed by atoms with Crippen LogP contribution in [0.1, 0.15) is 26.3 Å². The van der Waals surface area contributed by atoms with Gasteiger partial charge in [0.05, 0.1) is 18.7 Å². The molecule has 0 aliphatic heterocycles. The number of nitrogens with one attached hydrogen (secondary N) is 3. The van der Waals surface area contributed by atoms with Crippen LogP contribution in [0.15, 0.2) is 30.3 Å². The summed E-state index contributed by atoms with van der Waals surface area (Å²) in [6.07, 6.45) is -1.26. The van der Waals surface area contributed by atoms with E-state index in [4.69, 9.17) is 5.73 Å². The van der Waals surface area contributed by atoms with Crippen LogP contribution in [0.4, 0.5) is 0 Å². The fraction of sp³-hybridized carbons (Fsp3) is 0.500. The fourth-order valence-corrected chi connectivity index (χ4v) is 2.53. The average Bonchev–Trinajstić information content (AvgIpc) is 2.69. The number of carboxylic acid groups (broad SMARTS) is 1. The Morgan fingerprint density at radius 2 is 1.60 bits per heavy atom. The summed E-state index contributed by atoms with van der Waals surface area (Å²) in [4.78, 5) is 48.0. The monoisotopic (exact) mass is 422 g/mol. The predicted octanol–water partition coefficient (Wildman–Crippen LogP) is -1.24. The van der Waals surface area contributed by atoms with Crippen LogP contribution < -0.4 is 21.7 Å². The molecule has 30 heavy (non-hydrogen) atoms. The first-order valence-electron chi connectivity index (χ1n) is 9.60. The van der Waals surface area contributed by atoms with Crippen LogP contribution in [-0.4, -0.2) is 64.7 Å². The summed E-state index contributed by atoms with van der Waals surface area (Å²) in [5.74, 6) is -3.48. The molecule has 4 unspecified atom stereocenters. The van der Waals surface area contributed by atoms with E-state index < -0.39 is 54.5 Å². The molecule has 10 nitrogen and oxygen atoms in total. The van der Waals surface area contributed by atoms with Crippen molar-refractivity contribution in [1.29, 1.82) is 0 Å². The van der Waals surface area contributed by atoms with Gasteiger partial charge < -0.3 is 31.9 Å². The van der Waals surface area contributed by atoms with Crippen molar-refractivity contribution < 1.29 is 29.4 Å². The Kier molecular flexibility index (Phi) is 9.93. The van der Waals surface area contributed by atoms with E-state index in [1.54, 1.807) is 44.2 Å². The molecule has 0 heterocycles. The van der Waals surface area contributed by atoms with Crippen molar-refractivity contribution in [2.24, 2.45) is 11.7 Å². The van der Waals surface area contributed by atoms with E-state index in [1.807, 2.05) is 0 Å². The molecule has 0 aliphatic rings. The third kappa shape index (κ3) is 8.18. The second-order valence-electron chi connectivity index (χ2n) is 7.36. The zero-order chi connectivity index (χ0) is 22.8. The lowest BCUT2D eigenvalue weighted by Crippen LogP contribution is -2.57. The molecule has 1 rings (SSSR count). The van der Waals surface area contributed by atoms with Crippen molar-refractivity contribution in [1.82, 2.24) is 16.0 Å². The summed E-state index contributed by atoms with van der Waals surface area (Å²) < 4.78 is 0. The summed E-state index contributed by atoms with van der Waals surface area (Å²) in [7, 11) is 0. The third-order valence-corrected chi connectivity index (χ3v) is 4.42. The molecule has 10 heteroatoms. The molecule has 0 aliphatic carbocycles. The number of carbonyl (C=O) groups excluding carboxylic acids is 3. The van der Waals surface area contributed by atoms with Crippen LogP contribution in [-0.2, 0) is 25.6 Å². The maximum atomic E-state index is 12.5. The Morgan fingerprint density at radius 3 is 2.10 bits per heavy atom. The van der Waals surface area contributed by atoms with Gasteiger partial charge in [0, 0.05) is 6.42 Å². The van der Waals surface area contributed by atoms with Crippen molar-refractivity contribution in [3.05, 3.63) is 35.9 Å². The average molecular weight is 422 g/mol. The Labute approximate surface area is 175 Å². The van der Waals surface area contributed by atoms with Crippen LogP contribution in [0.3, 0.4) is 0 Å². The number of carboxylic acids is 1. The summed E-state index contributed by atoms with van der Waals surface area (Å²) >= 11 is 0. The maximum absolute atomic E-state index is 12.5. The van der Waals surface area contributed by atoms with E-state index in [0.29, 0.717) is 5.56 Å². The Hall–Kier alpha value is -2.98. The summed E-state index contributed by atoms with van der Waals surface area (Å²) in [5.41, 5.74) is 6.39. The molecule has 0 saturated heterocycles. The molecule has 0 bridgehead atoms. The molecule has 0 spiro atoms. The maximum Gasteiger partial charge on any atom is 0.326 e. The highest BCUT2D eigenvalue weighted by Gasteiger charge is 2.30. The standard InChI is InChI=1S/C20H30N4O6/c1-11(2)16(21)18(27)22-10-15(26)24-17(12(3)25)19(28)23-14(20(29)30)9-13-7-5-4-6-8-13/h4-8,11-12,14,16-17,25H,9-10,21H2,1-3H3,(H,22,27)(H,23,28)(H,24,26)(H,29,30). The van der Waals surface area contributed by atoms with Crippen molar-refractivity contribution in [3.8, 4) is 0 Å². The van der Waals surface area contributed by atoms with Gasteiger partial charge in [-0.25, -0.2) is 4.79 Å². The van der Waals surface area contributed by atoms with E-state index >= 15 is 0 Å². The second-order valence-corrected chi connectivity index (χ2v) is 7.36. The summed E-state index contributed by atoms with van der Waals surface area (Å²) in [5, 5.41) is 26.3. The van der Waals surface area contributed by atoms with Crippen LogP contribution in [0.2, 0.25) is 0 Å². The first kappa shape index (κ1) is 25.1. The van der Waals surface area contributed by atoms with E-state index in [2.05, 4.69) is 16.0 Å². The van der Waals surface area contributed by atoms with E-state index in [0.717, 1.165) is 0 Å². The summed E-state index contributed by atoms with van der Waals surface area (Å²) in [6.45, 7) is 4.35. The Bertz CT molecular complexity index is 738. The minimum Gasteiger partial charge on any atom is -0.480 e. The molecular weight excluding hydrogens is 392 g/mol. The van der Waals surface area contributed by atoms with Crippen LogP contribution >= 0.6 is 0 Å². The van der Waals surface area contributed by atoms with E-state index in [-0.39, 0.29) is 12.3 Å². The van der Waals surface area contributed by atoms with Gasteiger partial charge in [0.25, 0.3) is 0 Å². The van der Waals surface area contributed by atoms with Crippen molar-refractivity contribution in [2.75, 3.05) is 6.54 Å². The minimum atomic E-state index is -1.40. The van der Waals surface area contributed by atoms with Gasteiger partial charge in [0.2, 0.25) is 17.7 Å². The van der Waals surface area contributed by atoms with E-state index in [1.165, 1.54) is 6.92 Å². The molecule has 3 amide bonds. The third-order valence-electron chi connectivity index (χ3n) is 4.42. The number of hydrogen-bond donors (Lipinski definition) is 6. The SMILES string of the molecule is CC(C)C(N)C(=O)NCC(=O)NC(C(=O)NC(Cc1ccccc1)C(=O)O)C(C)O. The molecule has 0 radical (unpaired) electrons. The number of benzene rings is 1. The van der Waals surface area contributed by atoms with Crippen LogP contribution in [0, 0.1) is 5.92 Å². The minimum absolute atomic E-state index is 0.0333. The quantitative estimate of drug-likeness (QED) is 0.259. The first-order chi connectivity index (χ1) is 14.0. The molecule has 0 fully saturated rings. The lowest BCUT2D eigenvalue weighted by Gasteiger charge is -2.23. The van der Waals surface area contributed by atoms with Crippen LogP contribution in [0.25, 0.3) is 0 Å². The number of aliphatic carboxylic acids is 1. The lowest BCUT2D eigenvalue weighted by atomic mass is 10.0. The Morgan fingerprint density at radius 1 is 1.00 bits per heavy atom. The van der Waals surface area contributed by atoms with Gasteiger partial charge in [-0.3, -0.25) is 14.4 Å². The molecular formula is C20H30N4O6. The highest BCUT2D eigenvalue weighted by molar-refractivity contribution is 5.92. The zero-order valence-electron chi connectivity index (χ0n) is 17.3. The fourth-order valence-electron chi connectivity index (χ4n) is 2.53. The molecule has 1 aromatic rings. The highest BCUT2D eigenvalue weighted by Crippen LogP contribution is 2.05. The topological polar surface area (TPSA) is 171 Å². The highest BCUT2D eigenvalue weighted by atomic mass is 16.4. The van der Waals surface area contributed by atoms with Crippen molar-refractivity contribution in [3.63, 3.8) is 0 Å². The molecule has 166 valence electrons. The van der Waals surface area contributed by atoms with Gasteiger partial charge in [-0.15, -0.1) is 0 Å². The van der Waals surface area contributed by atoms with Gasteiger partial charge in [-0.1, -0.05) is 44.2 Å². The smallest absolute Gasteiger partial charge is 0.326 e. The Balaban J connectivity index is 2.71. The first-order valence-corrected chi connectivity index (χ1v) is 9.60. The number of nitrogens with two attached hydrogens (primary N) is 1. The number of hydrogen-bond acceptors (Lipinski definition) is 6. The van der Waals surface area contributed by atoms with Gasteiger partial charge in [0.15, 0.2) is 0 Å². The molecule has 0 aromatic heterocycles. The van der Waals surface area contributed by atoms with Gasteiger partial charge in [0.1, 0.15) is 12.1 Å². The van der Waals surface area contributed by atoms with E-state index in [9.17, 15) is 29.4 Å². The molecule has 0 saturated carbocycles. The lowest BCUT2D eigenvalue weighted by molar-refractivity contribution is -0.142. The number of aliphatic hydroxyl groups excluding tert-OH is 1. The predicted molar refractivity (Wildman–Crippen MR) is 109 cm³/mol. The van der Waals surface area contributed by atoms with Crippen molar-refractivity contribution >= 4 is 23.7 Å². The molecule has 7 N–H and O–H groups in total. The normalized spacial score (nSPS) is 14.9. The van der Waals surface area contributed by atoms with Gasteiger partial charge >= 0.3 is 5.97 Å². The van der Waals surface area contributed by atoms with Crippen molar-refractivity contribution in [2.45, 2.75) is 51.4 Å². The second kappa shape index (κ2) is 11.9. The molecule has 1 aromatic carbocycles. The largest absolute Gasteiger partial charge is 0.480 e. The van der Waals surface area contributed by atoms with Crippen LogP contribution in [0.5, 0.6) is 0 Å². The van der Waals surface area contributed by atoms with Gasteiger partial charge in [-0.2, -0.15) is 0 Å². The number of rotatable bonds is 11. The summed E-state index contributed by atoms with van der Waals surface area (Å²) in [6, 6.07) is 5.28. The number of amides is 3. The number of aliphatic hydroxyl groups is 1. The van der Waals surface area contributed by atoms with Gasteiger partial charge in [-0.05, 0) is 18.4 Å². The molecule has 4 atom stereocenters.